The predicted molar refractivity (Wildman–Crippen MR) is 74.1 cm³/mol. The van der Waals surface area contributed by atoms with E-state index in [1.165, 1.54) is 6.33 Å². The molecule has 1 aliphatic rings. The zero-order valence-corrected chi connectivity index (χ0v) is 12.3. The number of esters is 1. The zero-order chi connectivity index (χ0) is 13.8. The van der Waals surface area contributed by atoms with Crippen molar-refractivity contribution in [1.29, 1.82) is 0 Å². The molecule has 1 N–H and O–H groups in total. The van der Waals surface area contributed by atoms with Gasteiger partial charge in [0.15, 0.2) is 0 Å². The van der Waals surface area contributed by atoms with Gasteiger partial charge in [0.2, 0.25) is 0 Å². The summed E-state index contributed by atoms with van der Waals surface area (Å²) in [7, 11) is 0. The molecule has 1 aromatic heterocycles. The molecule has 6 nitrogen and oxygen atoms in total. The molecule has 0 radical (unpaired) electrons. The van der Waals surface area contributed by atoms with Gasteiger partial charge in [-0.15, -0.1) is 0 Å². The van der Waals surface area contributed by atoms with Crippen LogP contribution in [0.3, 0.4) is 0 Å². The van der Waals surface area contributed by atoms with Gasteiger partial charge in [-0.1, -0.05) is 0 Å². The van der Waals surface area contributed by atoms with E-state index >= 15 is 0 Å². The SMILES string of the molecule is CCOC(=O)C1CCCN(c2nc[nH]c(=O)c2Br)C1. The number of hydrogen-bond acceptors (Lipinski definition) is 5. The molecule has 19 heavy (non-hydrogen) atoms. The fourth-order valence-corrected chi connectivity index (χ4v) is 2.68. The Balaban J connectivity index is 2.15. The third kappa shape index (κ3) is 3.15. The number of rotatable bonds is 3. The quantitative estimate of drug-likeness (QED) is 0.846. The molecule has 1 aliphatic heterocycles. The number of carbonyl (C=O) groups excluding carboxylic acids is 1. The van der Waals surface area contributed by atoms with Crippen LogP contribution in [0.1, 0.15) is 19.8 Å². The molecule has 1 fully saturated rings. The number of carbonyl (C=O) groups is 1. The van der Waals surface area contributed by atoms with Crippen molar-refractivity contribution in [3.8, 4) is 0 Å². The second kappa shape index (κ2) is 6.18. The third-order valence-corrected chi connectivity index (χ3v) is 3.83. The highest BCUT2D eigenvalue weighted by Gasteiger charge is 2.28. The van der Waals surface area contributed by atoms with E-state index in [0.717, 1.165) is 19.4 Å². The van der Waals surface area contributed by atoms with E-state index in [-0.39, 0.29) is 17.4 Å². The summed E-state index contributed by atoms with van der Waals surface area (Å²) in [5, 5.41) is 0. The Kier molecular flexibility index (Phi) is 4.57. The van der Waals surface area contributed by atoms with E-state index in [1.807, 2.05) is 4.90 Å². The van der Waals surface area contributed by atoms with Crippen molar-refractivity contribution >= 4 is 27.7 Å². The molecule has 0 saturated carbocycles. The Morgan fingerprint density at radius 1 is 1.68 bits per heavy atom. The highest BCUT2D eigenvalue weighted by molar-refractivity contribution is 9.10. The highest BCUT2D eigenvalue weighted by atomic mass is 79.9. The maximum absolute atomic E-state index is 11.8. The summed E-state index contributed by atoms with van der Waals surface area (Å²) in [6.07, 6.45) is 3.07. The second-order valence-corrected chi connectivity index (χ2v) is 5.20. The smallest absolute Gasteiger partial charge is 0.310 e. The van der Waals surface area contributed by atoms with Crippen LogP contribution in [0, 0.1) is 5.92 Å². The third-order valence-electron chi connectivity index (χ3n) is 3.12. The van der Waals surface area contributed by atoms with E-state index < -0.39 is 0 Å². The molecule has 104 valence electrons. The number of aromatic amines is 1. The van der Waals surface area contributed by atoms with Gasteiger partial charge in [0.05, 0.1) is 18.9 Å². The van der Waals surface area contributed by atoms with E-state index in [9.17, 15) is 9.59 Å². The van der Waals surface area contributed by atoms with Crippen LogP contribution in [-0.4, -0.2) is 35.6 Å². The topological polar surface area (TPSA) is 75.3 Å². The van der Waals surface area contributed by atoms with Crippen LogP contribution >= 0.6 is 15.9 Å². The molecule has 2 heterocycles. The van der Waals surface area contributed by atoms with Crippen LogP contribution in [0.25, 0.3) is 0 Å². The van der Waals surface area contributed by atoms with Crippen molar-refractivity contribution in [3.63, 3.8) is 0 Å². The standard InChI is InChI=1S/C12H16BrN3O3/c1-2-19-12(18)8-4-3-5-16(6-8)10-9(13)11(17)15-7-14-10/h7-8H,2-6H2,1H3,(H,14,15,17). The van der Waals surface area contributed by atoms with Gasteiger partial charge < -0.3 is 14.6 Å². The van der Waals surface area contributed by atoms with Gasteiger partial charge >= 0.3 is 5.97 Å². The van der Waals surface area contributed by atoms with E-state index in [2.05, 4.69) is 25.9 Å². The lowest BCUT2D eigenvalue weighted by molar-refractivity contribution is -0.148. The number of hydrogen-bond donors (Lipinski definition) is 1. The fraction of sp³-hybridized carbons (Fsp3) is 0.583. The number of piperidine rings is 1. The molecule has 1 saturated heterocycles. The van der Waals surface area contributed by atoms with Crippen LogP contribution in [-0.2, 0) is 9.53 Å². The van der Waals surface area contributed by atoms with Gasteiger partial charge in [0.25, 0.3) is 5.56 Å². The maximum atomic E-state index is 11.8. The summed E-state index contributed by atoms with van der Waals surface area (Å²) < 4.78 is 5.46. The number of ether oxygens (including phenoxy) is 1. The van der Waals surface area contributed by atoms with Crippen LogP contribution in [0.4, 0.5) is 5.82 Å². The fourth-order valence-electron chi connectivity index (χ4n) is 2.22. The Bertz CT molecular complexity index is 517. The summed E-state index contributed by atoms with van der Waals surface area (Å²) in [5.74, 6) is 0.257. The average Bonchev–Trinajstić information content (AvgIpc) is 2.42. The van der Waals surface area contributed by atoms with Gasteiger partial charge in [-0.05, 0) is 35.7 Å². The molecule has 2 rings (SSSR count). The van der Waals surface area contributed by atoms with Crippen molar-refractivity contribution in [2.24, 2.45) is 5.92 Å². The molecule has 0 bridgehead atoms. The molecule has 1 unspecified atom stereocenters. The van der Waals surface area contributed by atoms with Crippen LogP contribution < -0.4 is 10.5 Å². The summed E-state index contributed by atoms with van der Waals surface area (Å²) in [6, 6.07) is 0. The molecule has 1 atom stereocenters. The van der Waals surface area contributed by atoms with Gasteiger partial charge in [-0.25, -0.2) is 4.98 Å². The van der Waals surface area contributed by atoms with E-state index in [0.29, 0.717) is 23.4 Å². The Morgan fingerprint density at radius 2 is 2.47 bits per heavy atom. The largest absolute Gasteiger partial charge is 0.466 e. The zero-order valence-electron chi connectivity index (χ0n) is 10.7. The molecule has 7 heteroatoms. The molecule has 1 aromatic rings. The lowest BCUT2D eigenvalue weighted by Gasteiger charge is -2.32. The van der Waals surface area contributed by atoms with Crippen LogP contribution in [0.5, 0.6) is 0 Å². The molecule has 0 aliphatic carbocycles. The number of nitrogens with zero attached hydrogens (tertiary/aromatic N) is 2. The van der Waals surface area contributed by atoms with Crippen molar-refractivity contribution in [1.82, 2.24) is 9.97 Å². The first-order chi connectivity index (χ1) is 9.13. The minimum absolute atomic E-state index is 0.151. The Hall–Kier alpha value is -1.37. The maximum Gasteiger partial charge on any atom is 0.310 e. The van der Waals surface area contributed by atoms with Gasteiger partial charge in [-0.3, -0.25) is 9.59 Å². The molecule has 0 spiro atoms. The highest BCUT2D eigenvalue weighted by Crippen LogP contribution is 2.25. The van der Waals surface area contributed by atoms with Crippen molar-refractivity contribution < 1.29 is 9.53 Å². The summed E-state index contributed by atoms with van der Waals surface area (Å²) in [5.41, 5.74) is -0.219. The van der Waals surface area contributed by atoms with Crippen molar-refractivity contribution in [3.05, 3.63) is 21.2 Å². The summed E-state index contributed by atoms with van der Waals surface area (Å²) in [6.45, 7) is 3.51. The molecule has 0 amide bonds. The summed E-state index contributed by atoms with van der Waals surface area (Å²) >= 11 is 3.24. The Labute approximate surface area is 119 Å². The lowest BCUT2D eigenvalue weighted by atomic mass is 9.98. The first-order valence-corrected chi connectivity index (χ1v) is 7.07. The van der Waals surface area contributed by atoms with Crippen LogP contribution in [0.2, 0.25) is 0 Å². The predicted octanol–water partition coefficient (Wildman–Crippen LogP) is 1.31. The van der Waals surface area contributed by atoms with Crippen molar-refractivity contribution in [2.75, 3.05) is 24.6 Å². The Morgan fingerprint density at radius 3 is 3.21 bits per heavy atom. The number of aromatic nitrogens is 2. The number of halogens is 1. The molecule has 0 aromatic carbocycles. The normalized spacial score (nSPS) is 19.3. The monoisotopic (exact) mass is 329 g/mol. The first kappa shape index (κ1) is 14.0. The average molecular weight is 330 g/mol. The second-order valence-electron chi connectivity index (χ2n) is 4.41. The van der Waals surface area contributed by atoms with Crippen molar-refractivity contribution in [2.45, 2.75) is 19.8 Å². The minimum atomic E-state index is -0.219. The number of H-pyrrole nitrogens is 1. The molecular weight excluding hydrogens is 314 g/mol. The van der Waals surface area contributed by atoms with Crippen LogP contribution in [0.15, 0.2) is 15.6 Å². The molecular formula is C12H16BrN3O3. The number of anilines is 1. The van der Waals surface area contributed by atoms with E-state index in [1.54, 1.807) is 6.92 Å². The van der Waals surface area contributed by atoms with E-state index in [4.69, 9.17) is 4.74 Å². The summed E-state index contributed by atoms with van der Waals surface area (Å²) in [4.78, 5) is 31.9. The lowest BCUT2D eigenvalue weighted by Crippen LogP contribution is -2.40. The van der Waals surface area contributed by atoms with Gasteiger partial charge in [0.1, 0.15) is 10.3 Å². The van der Waals surface area contributed by atoms with Gasteiger partial charge in [-0.2, -0.15) is 0 Å². The first-order valence-electron chi connectivity index (χ1n) is 6.28. The minimum Gasteiger partial charge on any atom is -0.466 e. The van der Waals surface area contributed by atoms with Gasteiger partial charge in [0, 0.05) is 13.1 Å². The number of nitrogens with one attached hydrogen (secondary N) is 1.